The summed E-state index contributed by atoms with van der Waals surface area (Å²) in [4.78, 5) is 30.2. The largest absolute Gasteiger partial charge is 0.444 e. The van der Waals surface area contributed by atoms with Crippen LogP contribution in [0.15, 0.2) is 22.8 Å². The van der Waals surface area contributed by atoms with Gasteiger partial charge in [0, 0.05) is 7.11 Å². The number of carbonyl (C=O) groups is 2. The average Bonchev–Trinajstić information content (AvgIpc) is 2.82. The van der Waals surface area contributed by atoms with E-state index in [0.29, 0.717) is 4.60 Å². The van der Waals surface area contributed by atoms with Crippen LogP contribution in [0.4, 0.5) is 15.0 Å². The number of anilines is 1. The number of ether oxygens (including phenoxy) is 2. The molecule has 25 heavy (non-hydrogen) atoms. The van der Waals surface area contributed by atoms with Crippen LogP contribution in [0.5, 0.6) is 0 Å². The van der Waals surface area contributed by atoms with Gasteiger partial charge in [-0.1, -0.05) is 6.07 Å². The van der Waals surface area contributed by atoms with Crippen LogP contribution < -0.4 is 5.32 Å². The Morgan fingerprint density at radius 2 is 2.08 bits per heavy atom. The molecule has 1 N–H and O–H groups in total. The standard InChI is InChI=1S/C16H21BrFN3O4/c1-16(2,3)25-15(23)21-8-9(18)13(24-4)12(21)14(22)20-11-7-5-6-10(17)19-11/h5-7,9,12-13H,8H2,1-4H3,(H,19,20,22)/t9-,12-,13+/m0/s1. The first-order chi connectivity index (χ1) is 11.6. The highest BCUT2D eigenvalue weighted by Gasteiger charge is 2.50. The molecule has 0 aromatic carbocycles. The molecule has 0 bridgehead atoms. The zero-order valence-corrected chi connectivity index (χ0v) is 16.0. The number of amides is 2. The van der Waals surface area contributed by atoms with Crippen molar-refractivity contribution in [3.8, 4) is 0 Å². The average molecular weight is 418 g/mol. The summed E-state index contributed by atoms with van der Waals surface area (Å²) in [6, 6.07) is 3.83. The molecule has 1 aliphatic heterocycles. The van der Waals surface area contributed by atoms with Gasteiger partial charge in [0.25, 0.3) is 5.91 Å². The number of carbonyl (C=O) groups excluding carboxylic acids is 2. The molecule has 1 aliphatic rings. The topological polar surface area (TPSA) is 80.8 Å². The van der Waals surface area contributed by atoms with E-state index in [4.69, 9.17) is 9.47 Å². The van der Waals surface area contributed by atoms with Crippen molar-refractivity contribution in [1.82, 2.24) is 9.88 Å². The van der Waals surface area contributed by atoms with Crippen molar-refractivity contribution in [1.29, 1.82) is 0 Å². The second-order valence-corrected chi connectivity index (χ2v) is 7.44. The Kier molecular flexibility index (Phi) is 5.99. The Morgan fingerprint density at radius 3 is 2.64 bits per heavy atom. The third-order valence-electron chi connectivity index (χ3n) is 3.51. The van der Waals surface area contributed by atoms with Crippen molar-refractivity contribution in [2.45, 2.75) is 44.7 Å². The Balaban J connectivity index is 2.22. The molecule has 0 unspecified atom stereocenters. The van der Waals surface area contributed by atoms with Crippen LogP contribution in [0.25, 0.3) is 0 Å². The highest BCUT2D eigenvalue weighted by molar-refractivity contribution is 9.10. The van der Waals surface area contributed by atoms with Crippen molar-refractivity contribution < 1.29 is 23.5 Å². The smallest absolute Gasteiger partial charge is 0.411 e. The lowest BCUT2D eigenvalue weighted by molar-refractivity contribution is -0.124. The van der Waals surface area contributed by atoms with Crippen molar-refractivity contribution >= 4 is 33.7 Å². The first-order valence-corrected chi connectivity index (χ1v) is 8.51. The number of alkyl halides is 1. The van der Waals surface area contributed by atoms with Crippen molar-refractivity contribution in [2.75, 3.05) is 19.0 Å². The van der Waals surface area contributed by atoms with E-state index in [9.17, 15) is 14.0 Å². The Labute approximate surface area is 154 Å². The normalized spacial score (nSPS) is 23.4. The molecular formula is C16H21BrFN3O4. The van der Waals surface area contributed by atoms with Crippen molar-refractivity contribution in [2.24, 2.45) is 0 Å². The Bertz CT molecular complexity index is 653. The van der Waals surface area contributed by atoms with Crippen LogP contribution in [0, 0.1) is 0 Å². The molecule has 7 nitrogen and oxygen atoms in total. The van der Waals surface area contributed by atoms with Gasteiger partial charge < -0.3 is 14.8 Å². The highest BCUT2D eigenvalue weighted by Crippen LogP contribution is 2.27. The number of nitrogens with zero attached hydrogens (tertiary/aromatic N) is 2. The van der Waals surface area contributed by atoms with Gasteiger partial charge in [0.05, 0.1) is 6.54 Å². The van der Waals surface area contributed by atoms with Gasteiger partial charge in [-0.3, -0.25) is 9.69 Å². The lowest BCUT2D eigenvalue weighted by Gasteiger charge is -2.29. The van der Waals surface area contributed by atoms with Gasteiger partial charge in [-0.25, -0.2) is 14.2 Å². The van der Waals surface area contributed by atoms with E-state index in [0.717, 1.165) is 4.90 Å². The third kappa shape index (κ3) is 4.88. The van der Waals surface area contributed by atoms with Crippen molar-refractivity contribution in [3.63, 3.8) is 0 Å². The van der Waals surface area contributed by atoms with Gasteiger partial charge in [-0.2, -0.15) is 0 Å². The molecule has 1 aromatic heterocycles. The van der Waals surface area contributed by atoms with Crippen molar-refractivity contribution in [3.05, 3.63) is 22.8 Å². The van der Waals surface area contributed by atoms with E-state index in [1.165, 1.54) is 7.11 Å². The maximum atomic E-state index is 14.3. The molecule has 138 valence electrons. The lowest BCUT2D eigenvalue weighted by atomic mass is 10.1. The number of aromatic nitrogens is 1. The maximum Gasteiger partial charge on any atom is 0.411 e. The number of pyridine rings is 1. The van der Waals surface area contributed by atoms with Crippen LogP contribution in [-0.2, 0) is 14.3 Å². The number of nitrogens with one attached hydrogen (secondary N) is 1. The monoisotopic (exact) mass is 417 g/mol. The molecule has 1 aromatic rings. The molecule has 0 radical (unpaired) electrons. The quantitative estimate of drug-likeness (QED) is 0.764. The minimum atomic E-state index is -1.50. The predicted molar refractivity (Wildman–Crippen MR) is 93.0 cm³/mol. The Hall–Kier alpha value is -1.74. The zero-order chi connectivity index (χ0) is 18.8. The number of rotatable bonds is 3. The van der Waals surface area contributed by atoms with E-state index >= 15 is 0 Å². The summed E-state index contributed by atoms with van der Waals surface area (Å²) >= 11 is 3.21. The first kappa shape index (κ1) is 19.6. The third-order valence-corrected chi connectivity index (χ3v) is 3.95. The number of methoxy groups -OCH3 is 1. The van der Waals surface area contributed by atoms with E-state index in [1.807, 2.05) is 0 Å². The maximum absolute atomic E-state index is 14.3. The van der Waals surface area contributed by atoms with Gasteiger partial charge in [0.1, 0.15) is 34.3 Å². The minimum Gasteiger partial charge on any atom is -0.444 e. The predicted octanol–water partition coefficient (Wildman–Crippen LogP) is 2.76. The van der Waals surface area contributed by atoms with E-state index < -0.39 is 35.9 Å². The summed E-state index contributed by atoms with van der Waals surface area (Å²) in [5.41, 5.74) is -0.763. The van der Waals surface area contributed by atoms with Gasteiger partial charge in [0.15, 0.2) is 0 Å². The summed E-state index contributed by atoms with van der Waals surface area (Å²) in [6.07, 6.45) is -3.35. The highest BCUT2D eigenvalue weighted by atomic mass is 79.9. The lowest BCUT2D eigenvalue weighted by Crippen LogP contribution is -2.49. The fraction of sp³-hybridized carbons (Fsp3) is 0.562. The summed E-state index contributed by atoms with van der Waals surface area (Å²) in [5, 5.41) is 2.58. The molecular weight excluding hydrogens is 397 g/mol. The second-order valence-electron chi connectivity index (χ2n) is 6.63. The first-order valence-electron chi connectivity index (χ1n) is 7.72. The summed E-state index contributed by atoms with van der Waals surface area (Å²) in [5.74, 6) is -0.316. The molecule has 2 rings (SSSR count). The number of likely N-dealkylation sites (tertiary alicyclic amines) is 1. The summed E-state index contributed by atoms with van der Waals surface area (Å²) in [7, 11) is 1.30. The molecule has 3 atom stereocenters. The fourth-order valence-electron chi connectivity index (χ4n) is 2.53. The molecule has 0 saturated carbocycles. The summed E-state index contributed by atoms with van der Waals surface area (Å²) < 4.78 is 25.2. The summed E-state index contributed by atoms with van der Waals surface area (Å²) in [6.45, 7) is 4.81. The van der Waals surface area contributed by atoms with Crippen LogP contribution in [0.1, 0.15) is 20.8 Å². The molecule has 1 saturated heterocycles. The zero-order valence-electron chi connectivity index (χ0n) is 14.5. The molecule has 0 aliphatic carbocycles. The van der Waals surface area contributed by atoms with Gasteiger partial charge >= 0.3 is 6.09 Å². The van der Waals surface area contributed by atoms with Gasteiger partial charge in [-0.15, -0.1) is 0 Å². The molecule has 9 heteroatoms. The Morgan fingerprint density at radius 1 is 1.40 bits per heavy atom. The van der Waals surface area contributed by atoms with Crippen LogP contribution >= 0.6 is 15.9 Å². The number of hydrogen-bond acceptors (Lipinski definition) is 5. The van der Waals surface area contributed by atoms with Gasteiger partial charge in [0.2, 0.25) is 0 Å². The van der Waals surface area contributed by atoms with E-state index in [1.54, 1.807) is 39.0 Å². The van der Waals surface area contributed by atoms with Crippen LogP contribution in [0.3, 0.4) is 0 Å². The fourth-order valence-corrected chi connectivity index (χ4v) is 2.88. The molecule has 2 amide bonds. The van der Waals surface area contributed by atoms with E-state index in [2.05, 4.69) is 26.2 Å². The van der Waals surface area contributed by atoms with Gasteiger partial charge in [-0.05, 0) is 48.8 Å². The van der Waals surface area contributed by atoms with Crippen LogP contribution in [-0.4, -0.2) is 59.5 Å². The molecule has 2 heterocycles. The van der Waals surface area contributed by atoms with E-state index in [-0.39, 0.29) is 12.4 Å². The number of hydrogen-bond donors (Lipinski definition) is 1. The van der Waals surface area contributed by atoms with Crippen LogP contribution in [0.2, 0.25) is 0 Å². The minimum absolute atomic E-state index is 0.278. The molecule has 0 spiro atoms. The molecule has 1 fully saturated rings. The SMILES string of the molecule is CO[C@H]1[C@@H](C(=O)Nc2cccc(Br)n2)N(C(=O)OC(C)(C)C)C[C@@H]1F. The second kappa shape index (κ2) is 7.65. The number of halogens is 2.